The summed E-state index contributed by atoms with van der Waals surface area (Å²) < 4.78 is 3.51. The van der Waals surface area contributed by atoms with Crippen molar-refractivity contribution in [1.82, 2.24) is 24.8 Å². The Kier molecular flexibility index (Phi) is 2.77. The fourth-order valence-corrected chi connectivity index (χ4v) is 1.19. The fraction of sp³-hybridized carbons (Fsp3) is 0. The first-order valence-corrected chi connectivity index (χ1v) is 4.75. The first kappa shape index (κ1) is 8.76. The second-order valence-electron chi connectivity index (χ2n) is 2.40. The van der Waals surface area contributed by atoms with Gasteiger partial charge in [-0.15, -0.1) is 5.10 Å². The molecular weight excluding hydrogens is 198 g/mol. The minimum absolute atomic E-state index is 0.845. The molecule has 6 heteroatoms. The van der Waals surface area contributed by atoms with Crippen LogP contribution < -0.4 is 0 Å². The lowest BCUT2D eigenvalue weighted by Crippen LogP contribution is -1.71. The van der Waals surface area contributed by atoms with Gasteiger partial charge in [-0.1, -0.05) is 4.49 Å². The van der Waals surface area contributed by atoms with E-state index in [0.29, 0.717) is 0 Å². The van der Waals surface area contributed by atoms with Gasteiger partial charge in [0, 0.05) is 17.0 Å². The highest BCUT2D eigenvalue weighted by molar-refractivity contribution is 7.03. The molecule has 0 bridgehead atoms. The lowest BCUT2D eigenvalue weighted by molar-refractivity contribution is 1.10. The number of hydrogen-bond acceptors (Lipinski definition) is 5. The molecule has 0 saturated carbocycles. The van der Waals surface area contributed by atoms with E-state index in [1.165, 1.54) is 11.5 Å². The van der Waals surface area contributed by atoms with Crippen molar-refractivity contribution in [1.29, 1.82) is 0 Å². The predicted octanol–water partition coefficient (Wildman–Crippen LogP) is 1.50. The number of aromatic amines is 1. The summed E-state index contributed by atoms with van der Waals surface area (Å²) in [7, 11) is 0. The maximum atomic E-state index is 4.02. The quantitative estimate of drug-likeness (QED) is 0.603. The van der Waals surface area contributed by atoms with Crippen molar-refractivity contribution in [3.8, 4) is 0 Å². The summed E-state index contributed by atoms with van der Waals surface area (Å²) in [5.74, 6) is 0. The van der Waals surface area contributed by atoms with Crippen LogP contribution in [0.15, 0.2) is 36.1 Å². The number of hydrogen-bond donors (Lipinski definition) is 1. The van der Waals surface area contributed by atoms with Gasteiger partial charge in [0.2, 0.25) is 0 Å². The number of H-pyrrole nitrogens is 1. The van der Waals surface area contributed by atoms with Crippen LogP contribution >= 0.6 is 11.5 Å². The van der Waals surface area contributed by atoms with Crippen molar-refractivity contribution in [3.05, 3.63) is 36.1 Å². The van der Waals surface area contributed by atoms with E-state index in [0.717, 1.165) is 11.0 Å². The van der Waals surface area contributed by atoms with Crippen LogP contribution in [0.3, 0.4) is 0 Å². The first-order valence-electron chi connectivity index (χ1n) is 3.92. The highest BCUT2D eigenvalue weighted by Crippen LogP contribution is 2.03. The molecule has 3 heterocycles. The highest BCUT2D eigenvalue weighted by atomic mass is 32.1. The lowest BCUT2D eigenvalue weighted by Gasteiger charge is -1.80. The van der Waals surface area contributed by atoms with Gasteiger partial charge in [-0.2, -0.15) is 5.10 Å². The van der Waals surface area contributed by atoms with Crippen LogP contribution in [0.25, 0.3) is 11.0 Å². The van der Waals surface area contributed by atoms with Gasteiger partial charge in [0.05, 0.1) is 12.4 Å². The fourth-order valence-electron chi connectivity index (χ4n) is 0.914. The molecule has 0 amide bonds. The minimum Gasteiger partial charge on any atom is -0.261 e. The molecule has 0 unspecified atom stereocenters. The number of fused-ring (bicyclic) bond motifs is 1. The van der Waals surface area contributed by atoms with Gasteiger partial charge >= 0.3 is 0 Å². The normalized spacial score (nSPS) is 9.43. The van der Waals surface area contributed by atoms with Gasteiger partial charge in [-0.25, -0.2) is 4.98 Å². The summed E-state index contributed by atoms with van der Waals surface area (Å²) in [6.07, 6.45) is 5.15. The SMILES string of the molecule is c1cnc2[nH]ncc2c1.c1csnn1. The largest absolute Gasteiger partial charge is 0.261 e. The molecule has 5 nitrogen and oxygen atoms in total. The van der Waals surface area contributed by atoms with E-state index in [9.17, 15) is 0 Å². The molecule has 14 heavy (non-hydrogen) atoms. The molecule has 3 aromatic rings. The smallest absolute Gasteiger partial charge is 0.155 e. The van der Waals surface area contributed by atoms with Gasteiger partial charge < -0.3 is 0 Å². The maximum Gasteiger partial charge on any atom is 0.155 e. The molecule has 0 saturated heterocycles. The molecule has 0 radical (unpaired) electrons. The number of nitrogens with one attached hydrogen (secondary N) is 1. The van der Waals surface area contributed by atoms with Crippen LogP contribution in [-0.2, 0) is 0 Å². The third kappa shape index (κ3) is 2.11. The van der Waals surface area contributed by atoms with Gasteiger partial charge in [0.15, 0.2) is 5.65 Å². The molecule has 1 N–H and O–H groups in total. The van der Waals surface area contributed by atoms with Crippen molar-refractivity contribution in [2.24, 2.45) is 0 Å². The van der Waals surface area contributed by atoms with Crippen LogP contribution in [0.2, 0.25) is 0 Å². The summed E-state index contributed by atoms with van der Waals surface area (Å²) >= 11 is 1.35. The van der Waals surface area contributed by atoms with E-state index < -0.39 is 0 Å². The molecule has 0 fully saturated rings. The number of rotatable bonds is 0. The van der Waals surface area contributed by atoms with Crippen molar-refractivity contribution < 1.29 is 0 Å². The van der Waals surface area contributed by atoms with Gasteiger partial charge in [-0.3, -0.25) is 5.10 Å². The molecule has 3 aromatic heterocycles. The van der Waals surface area contributed by atoms with Gasteiger partial charge in [0.25, 0.3) is 0 Å². The monoisotopic (exact) mass is 205 g/mol. The molecule has 70 valence electrons. The molecule has 3 rings (SSSR count). The average Bonchev–Trinajstić information content (AvgIpc) is 2.92. The van der Waals surface area contributed by atoms with Crippen LogP contribution in [-0.4, -0.2) is 24.8 Å². The Balaban J connectivity index is 0.000000128. The maximum absolute atomic E-state index is 4.02. The standard InChI is InChI=1S/C6H5N3.C2H2N2S/c1-2-5-4-8-9-6(5)7-3-1;1-2-5-4-3-1/h1-4H,(H,7,8,9);1-2H. The zero-order valence-corrected chi connectivity index (χ0v) is 7.98. The molecule has 0 atom stereocenters. The van der Waals surface area contributed by atoms with Crippen molar-refractivity contribution in [2.75, 3.05) is 0 Å². The van der Waals surface area contributed by atoms with Gasteiger partial charge in [-0.05, 0) is 23.7 Å². The second-order valence-corrected chi connectivity index (χ2v) is 3.05. The first-order chi connectivity index (χ1) is 6.97. The number of pyridine rings is 1. The average molecular weight is 205 g/mol. The lowest BCUT2D eigenvalue weighted by atomic mass is 10.4. The Hall–Kier alpha value is -1.82. The van der Waals surface area contributed by atoms with E-state index in [4.69, 9.17) is 0 Å². The summed E-state index contributed by atoms with van der Waals surface area (Å²) in [6, 6.07) is 3.85. The molecule has 0 aliphatic heterocycles. The molecule has 0 spiro atoms. The Bertz CT molecular complexity index is 428. The number of nitrogens with zero attached hydrogens (tertiary/aromatic N) is 4. The number of aromatic nitrogens is 5. The van der Waals surface area contributed by atoms with E-state index in [2.05, 4.69) is 24.8 Å². The Labute approximate surface area is 84.0 Å². The topological polar surface area (TPSA) is 67.3 Å². The third-order valence-electron chi connectivity index (χ3n) is 1.50. The molecule has 0 aliphatic rings. The van der Waals surface area contributed by atoms with E-state index in [1.807, 2.05) is 17.5 Å². The Morgan fingerprint density at radius 1 is 1.29 bits per heavy atom. The molecular formula is C8H7N5S. The molecule has 0 aliphatic carbocycles. The third-order valence-corrected chi connectivity index (χ3v) is 1.93. The van der Waals surface area contributed by atoms with E-state index in [-0.39, 0.29) is 0 Å². The van der Waals surface area contributed by atoms with Crippen molar-refractivity contribution in [3.63, 3.8) is 0 Å². The Morgan fingerprint density at radius 2 is 2.29 bits per heavy atom. The van der Waals surface area contributed by atoms with Crippen LogP contribution in [0.1, 0.15) is 0 Å². The second kappa shape index (κ2) is 4.43. The minimum atomic E-state index is 0.845. The molecule has 0 aromatic carbocycles. The van der Waals surface area contributed by atoms with Crippen LogP contribution in [0.4, 0.5) is 0 Å². The van der Waals surface area contributed by atoms with E-state index >= 15 is 0 Å². The van der Waals surface area contributed by atoms with Crippen molar-refractivity contribution >= 4 is 22.6 Å². The van der Waals surface area contributed by atoms with Crippen molar-refractivity contribution in [2.45, 2.75) is 0 Å². The summed E-state index contributed by atoms with van der Waals surface area (Å²) in [5.41, 5.74) is 0.845. The summed E-state index contributed by atoms with van der Waals surface area (Å²) in [5, 5.41) is 12.9. The Morgan fingerprint density at radius 3 is 2.93 bits per heavy atom. The van der Waals surface area contributed by atoms with Crippen LogP contribution in [0.5, 0.6) is 0 Å². The van der Waals surface area contributed by atoms with Crippen LogP contribution in [0, 0.1) is 0 Å². The predicted molar refractivity (Wildman–Crippen MR) is 53.8 cm³/mol. The summed E-state index contributed by atoms with van der Waals surface area (Å²) in [4.78, 5) is 4.02. The zero-order valence-electron chi connectivity index (χ0n) is 7.16. The van der Waals surface area contributed by atoms with E-state index in [1.54, 1.807) is 18.6 Å². The zero-order chi connectivity index (χ0) is 9.64. The highest BCUT2D eigenvalue weighted by Gasteiger charge is 1.89. The summed E-state index contributed by atoms with van der Waals surface area (Å²) in [6.45, 7) is 0. The van der Waals surface area contributed by atoms with Gasteiger partial charge in [0.1, 0.15) is 0 Å².